The fourth-order valence-electron chi connectivity index (χ4n) is 2.28. The Kier molecular flexibility index (Phi) is 4.41. The fourth-order valence-corrected chi connectivity index (χ4v) is 2.28. The first-order chi connectivity index (χ1) is 9.60. The van der Waals surface area contributed by atoms with E-state index in [9.17, 15) is 4.79 Å². The van der Waals surface area contributed by atoms with Gasteiger partial charge in [0.25, 0.3) is 0 Å². The van der Waals surface area contributed by atoms with Crippen molar-refractivity contribution in [1.29, 1.82) is 5.41 Å². The van der Waals surface area contributed by atoms with Crippen molar-refractivity contribution < 1.29 is 4.79 Å². The van der Waals surface area contributed by atoms with Gasteiger partial charge in [-0.3, -0.25) is 10.2 Å². The van der Waals surface area contributed by atoms with Gasteiger partial charge in [-0.15, -0.1) is 0 Å². The second-order valence-corrected chi connectivity index (χ2v) is 4.66. The van der Waals surface area contributed by atoms with Crippen molar-refractivity contribution in [3.05, 3.63) is 24.3 Å². The third-order valence-electron chi connectivity index (χ3n) is 3.30. The molecular formula is C13H20N6O. The second-order valence-electron chi connectivity index (χ2n) is 4.66. The van der Waals surface area contributed by atoms with Crippen LogP contribution in [0.25, 0.3) is 0 Å². The summed E-state index contributed by atoms with van der Waals surface area (Å²) < 4.78 is 0. The molecule has 7 nitrogen and oxygen atoms in total. The Morgan fingerprint density at radius 2 is 2.00 bits per heavy atom. The van der Waals surface area contributed by atoms with E-state index in [1.54, 1.807) is 4.90 Å². The first kappa shape index (κ1) is 14.1. The van der Waals surface area contributed by atoms with Gasteiger partial charge in [0.15, 0.2) is 5.96 Å². The lowest BCUT2D eigenvalue weighted by atomic mass is 10.2. The first-order valence-corrected chi connectivity index (χ1v) is 6.54. The third kappa shape index (κ3) is 3.39. The lowest BCUT2D eigenvalue weighted by molar-refractivity contribution is -0.129. The Morgan fingerprint density at radius 1 is 1.30 bits per heavy atom. The number of hydrogen-bond donors (Lipinski definition) is 4. The summed E-state index contributed by atoms with van der Waals surface area (Å²) in [5.41, 5.74) is 12.5. The molecular weight excluding hydrogens is 256 g/mol. The number of nitrogens with one attached hydrogen (secondary N) is 2. The van der Waals surface area contributed by atoms with Gasteiger partial charge in [0.05, 0.1) is 6.54 Å². The van der Waals surface area contributed by atoms with E-state index in [0.29, 0.717) is 13.1 Å². The summed E-state index contributed by atoms with van der Waals surface area (Å²) in [4.78, 5) is 15.5. The number of nitrogens with zero attached hydrogens (tertiary/aromatic N) is 2. The topological polar surface area (TPSA) is 111 Å². The van der Waals surface area contributed by atoms with E-state index in [-0.39, 0.29) is 18.4 Å². The number of benzene rings is 1. The molecule has 7 heteroatoms. The van der Waals surface area contributed by atoms with Crippen LogP contribution in [0.3, 0.4) is 0 Å². The van der Waals surface area contributed by atoms with Crippen LogP contribution in [-0.4, -0.2) is 49.5 Å². The van der Waals surface area contributed by atoms with Gasteiger partial charge in [-0.05, 0) is 18.2 Å². The molecule has 0 aliphatic carbocycles. The number of nitrogens with two attached hydrogens (primary N) is 2. The van der Waals surface area contributed by atoms with Crippen molar-refractivity contribution in [3.8, 4) is 0 Å². The van der Waals surface area contributed by atoms with E-state index >= 15 is 0 Å². The minimum Gasteiger partial charge on any atom is -0.370 e. The predicted molar refractivity (Wildman–Crippen MR) is 79.8 cm³/mol. The number of guanidine groups is 1. The van der Waals surface area contributed by atoms with Crippen LogP contribution >= 0.6 is 0 Å². The van der Waals surface area contributed by atoms with Crippen molar-refractivity contribution in [3.63, 3.8) is 0 Å². The van der Waals surface area contributed by atoms with Crippen LogP contribution in [-0.2, 0) is 4.79 Å². The summed E-state index contributed by atoms with van der Waals surface area (Å²) >= 11 is 0. The zero-order chi connectivity index (χ0) is 14.5. The molecule has 0 atom stereocenters. The average Bonchev–Trinajstić information content (AvgIpc) is 2.46. The summed E-state index contributed by atoms with van der Waals surface area (Å²) in [7, 11) is 0. The number of hydrogen-bond acceptors (Lipinski definition) is 4. The van der Waals surface area contributed by atoms with Gasteiger partial charge in [0, 0.05) is 37.6 Å². The van der Waals surface area contributed by atoms with Crippen LogP contribution in [0, 0.1) is 5.41 Å². The van der Waals surface area contributed by atoms with Crippen molar-refractivity contribution >= 4 is 23.2 Å². The van der Waals surface area contributed by atoms with Crippen LogP contribution in [0.2, 0.25) is 0 Å². The monoisotopic (exact) mass is 276 g/mol. The molecule has 1 amide bonds. The molecule has 1 aliphatic heterocycles. The zero-order valence-corrected chi connectivity index (χ0v) is 11.3. The van der Waals surface area contributed by atoms with Crippen molar-refractivity contribution in [2.24, 2.45) is 11.5 Å². The number of amides is 1. The van der Waals surface area contributed by atoms with Gasteiger partial charge in [-0.2, -0.15) is 0 Å². The number of rotatable bonds is 3. The van der Waals surface area contributed by atoms with Crippen molar-refractivity contribution in [1.82, 2.24) is 4.90 Å². The van der Waals surface area contributed by atoms with Crippen LogP contribution in [0.4, 0.5) is 11.4 Å². The Labute approximate surface area is 118 Å². The molecule has 0 radical (unpaired) electrons. The van der Waals surface area contributed by atoms with Gasteiger partial charge in [0.1, 0.15) is 0 Å². The molecule has 1 aromatic carbocycles. The molecule has 20 heavy (non-hydrogen) atoms. The lowest BCUT2D eigenvalue weighted by Crippen LogP contribution is -2.50. The van der Waals surface area contributed by atoms with Gasteiger partial charge in [-0.1, -0.05) is 6.07 Å². The van der Waals surface area contributed by atoms with Crippen LogP contribution < -0.4 is 21.7 Å². The first-order valence-electron chi connectivity index (χ1n) is 6.54. The highest BCUT2D eigenvalue weighted by atomic mass is 16.2. The maximum Gasteiger partial charge on any atom is 0.236 e. The van der Waals surface area contributed by atoms with Gasteiger partial charge < -0.3 is 26.6 Å². The van der Waals surface area contributed by atoms with Crippen LogP contribution in [0.15, 0.2) is 24.3 Å². The Balaban J connectivity index is 2.00. The normalized spacial score (nSPS) is 15.1. The van der Waals surface area contributed by atoms with Gasteiger partial charge in [0.2, 0.25) is 5.91 Å². The molecule has 0 bridgehead atoms. The molecule has 0 spiro atoms. The smallest absolute Gasteiger partial charge is 0.236 e. The standard InChI is InChI=1S/C13H20N6O/c14-9-12(20)19-6-4-18(5-7-19)11-3-1-2-10(8-11)17-13(15)16/h1-3,8H,4-7,9,14H2,(H4,15,16,17). The van der Waals surface area contributed by atoms with Gasteiger partial charge in [-0.25, -0.2) is 0 Å². The molecule has 1 aromatic rings. The number of piperazine rings is 1. The minimum atomic E-state index is -0.0829. The van der Waals surface area contributed by atoms with E-state index in [1.807, 2.05) is 24.3 Å². The molecule has 2 rings (SSSR count). The highest BCUT2D eigenvalue weighted by molar-refractivity contribution is 5.90. The summed E-state index contributed by atoms with van der Waals surface area (Å²) in [6.07, 6.45) is 0. The van der Waals surface area contributed by atoms with E-state index in [2.05, 4.69) is 10.2 Å². The summed E-state index contributed by atoms with van der Waals surface area (Å²) in [5.74, 6) is -0.0860. The Morgan fingerprint density at radius 3 is 2.60 bits per heavy atom. The highest BCUT2D eigenvalue weighted by Crippen LogP contribution is 2.20. The molecule has 1 aliphatic rings. The maximum atomic E-state index is 11.5. The molecule has 0 saturated carbocycles. The predicted octanol–water partition coefficient (Wildman–Crippen LogP) is -0.401. The summed E-state index contributed by atoms with van der Waals surface area (Å²) in [6.45, 7) is 2.98. The zero-order valence-electron chi connectivity index (χ0n) is 11.3. The fraction of sp³-hybridized carbons (Fsp3) is 0.385. The van der Waals surface area contributed by atoms with E-state index in [4.69, 9.17) is 16.9 Å². The maximum absolute atomic E-state index is 11.5. The Hall–Kier alpha value is -2.28. The van der Waals surface area contributed by atoms with Gasteiger partial charge >= 0.3 is 0 Å². The lowest BCUT2D eigenvalue weighted by Gasteiger charge is -2.36. The highest BCUT2D eigenvalue weighted by Gasteiger charge is 2.20. The molecule has 0 aromatic heterocycles. The van der Waals surface area contributed by atoms with E-state index in [1.165, 1.54) is 0 Å². The number of carbonyl (C=O) groups excluding carboxylic acids is 1. The average molecular weight is 276 g/mol. The molecule has 1 saturated heterocycles. The minimum absolute atomic E-state index is 0.00310. The Bertz CT molecular complexity index is 495. The van der Waals surface area contributed by atoms with Crippen molar-refractivity contribution in [2.75, 3.05) is 42.9 Å². The second kappa shape index (κ2) is 6.25. The molecule has 1 heterocycles. The SMILES string of the molecule is N=C(N)Nc1cccc(N2CCN(C(=O)CN)CC2)c1. The third-order valence-corrected chi connectivity index (χ3v) is 3.30. The number of carbonyl (C=O) groups is 1. The van der Waals surface area contributed by atoms with E-state index < -0.39 is 0 Å². The summed E-state index contributed by atoms with van der Waals surface area (Å²) in [6, 6.07) is 7.73. The molecule has 6 N–H and O–H groups in total. The number of anilines is 2. The molecule has 1 fully saturated rings. The van der Waals surface area contributed by atoms with Crippen molar-refractivity contribution in [2.45, 2.75) is 0 Å². The van der Waals surface area contributed by atoms with Crippen LogP contribution in [0.5, 0.6) is 0 Å². The quantitative estimate of drug-likeness (QED) is 0.443. The molecule has 108 valence electrons. The van der Waals surface area contributed by atoms with E-state index in [0.717, 1.165) is 24.5 Å². The molecule has 0 unspecified atom stereocenters. The summed E-state index contributed by atoms with van der Waals surface area (Å²) in [5, 5.41) is 10.0. The van der Waals surface area contributed by atoms with Crippen LogP contribution in [0.1, 0.15) is 0 Å². The largest absolute Gasteiger partial charge is 0.370 e.